The Labute approximate surface area is 88.5 Å². The van der Waals surface area contributed by atoms with Crippen LogP contribution in [0.5, 0.6) is 0 Å². The molecule has 0 fully saturated rings. The second kappa shape index (κ2) is 3.50. The fraction of sp³-hybridized carbons (Fsp3) is 0.333. The van der Waals surface area contributed by atoms with Crippen molar-refractivity contribution in [3.8, 4) is 0 Å². The Morgan fingerprint density at radius 1 is 1.53 bits per heavy atom. The topological polar surface area (TPSA) is 49.7 Å². The number of aromatic carboxylic acids is 1. The Balaban J connectivity index is 2.62. The van der Waals surface area contributed by atoms with Crippen LogP contribution in [0, 0.1) is 0 Å². The van der Waals surface area contributed by atoms with Gasteiger partial charge in [0.1, 0.15) is 0 Å². The minimum atomic E-state index is -0.868. The van der Waals surface area contributed by atoms with Crippen LogP contribution in [-0.4, -0.2) is 16.8 Å². The maximum absolute atomic E-state index is 10.9. The van der Waals surface area contributed by atoms with Crippen molar-refractivity contribution in [1.29, 1.82) is 0 Å². The van der Waals surface area contributed by atoms with E-state index < -0.39 is 5.97 Å². The van der Waals surface area contributed by atoms with E-state index in [-0.39, 0.29) is 0 Å². The van der Waals surface area contributed by atoms with Crippen molar-refractivity contribution in [2.45, 2.75) is 26.8 Å². The molecule has 0 amide bonds. The molecule has 0 atom stereocenters. The van der Waals surface area contributed by atoms with Crippen molar-refractivity contribution in [2.24, 2.45) is 4.99 Å². The first-order chi connectivity index (χ1) is 7.13. The number of rotatable bonds is 2. The molecule has 3 heteroatoms. The number of carboxylic acid groups (broad SMARTS) is 1. The van der Waals surface area contributed by atoms with E-state index in [0.717, 1.165) is 23.3 Å². The zero-order valence-corrected chi connectivity index (χ0v) is 8.87. The maximum atomic E-state index is 10.9. The number of carboxylic acids is 1. The van der Waals surface area contributed by atoms with Crippen LogP contribution in [0.3, 0.4) is 0 Å². The third-order valence-corrected chi connectivity index (χ3v) is 2.83. The SMILES string of the molecule is CCc1cc(C(=O)O)cc2c1CN=C2C. The number of aliphatic imine (C=N–C) groups is 1. The quantitative estimate of drug-likeness (QED) is 0.801. The average Bonchev–Trinajstić information content (AvgIpc) is 2.59. The maximum Gasteiger partial charge on any atom is 0.335 e. The molecule has 1 aromatic rings. The first-order valence-electron chi connectivity index (χ1n) is 5.04. The fourth-order valence-corrected chi connectivity index (χ4v) is 1.96. The Morgan fingerprint density at radius 3 is 2.87 bits per heavy atom. The molecule has 0 unspecified atom stereocenters. The highest BCUT2D eigenvalue weighted by atomic mass is 16.4. The summed E-state index contributed by atoms with van der Waals surface area (Å²) in [5, 5.41) is 8.98. The fourth-order valence-electron chi connectivity index (χ4n) is 1.96. The van der Waals surface area contributed by atoms with Crippen molar-refractivity contribution < 1.29 is 9.90 Å². The predicted molar refractivity (Wildman–Crippen MR) is 58.7 cm³/mol. The standard InChI is InChI=1S/C12H13NO2/c1-3-8-4-9(12(14)15)5-10-7(2)13-6-11(8)10/h4-5H,3,6H2,1-2H3,(H,14,15). The summed E-state index contributed by atoms with van der Waals surface area (Å²) in [7, 11) is 0. The Morgan fingerprint density at radius 2 is 2.27 bits per heavy atom. The van der Waals surface area contributed by atoms with Crippen LogP contribution in [0.15, 0.2) is 17.1 Å². The summed E-state index contributed by atoms with van der Waals surface area (Å²) < 4.78 is 0. The van der Waals surface area contributed by atoms with Crippen molar-refractivity contribution in [3.63, 3.8) is 0 Å². The normalized spacial score (nSPS) is 13.6. The van der Waals surface area contributed by atoms with Gasteiger partial charge >= 0.3 is 5.97 Å². The third-order valence-electron chi connectivity index (χ3n) is 2.83. The van der Waals surface area contributed by atoms with Crippen molar-refractivity contribution in [2.75, 3.05) is 0 Å². The second-order valence-electron chi connectivity index (χ2n) is 3.72. The van der Waals surface area contributed by atoms with Crippen LogP contribution in [0.2, 0.25) is 0 Å². The molecular weight excluding hydrogens is 190 g/mol. The van der Waals surface area contributed by atoms with E-state index in [2.05, 4.69) is 4.99 Å². The molecule has 2 rings (SSSR count). The molecule has 1 aromatic carbocycles. The van der Waals surface area contributed by atoms with Gasteiger partial charge in [0, 0.05) is 11.3 Å². The number of nitrogens with zero attached hydrogens (tertiary/aromatic N) is 1. The van der Waals surface area contributed by atoms with Gasteiger partial charge in [-0.1, -0.05) is 6.92 Å². The van der Waals surface area contributed by atoms with E-state index in [9.17, 15) is 4.79 Å². The van der Waals surface area contributed by atoms with E-state index in [1.54, 1.807) is 12.1 Å². The predicted octanol–water partition coefficient (Wildman–Crippen LogP) is 2.27. The lowest BCUT2D eigenvalue weighted by molar-refractivity contribution is 0.0696. The smallest absolute Gasteiger partial charge is 0.335 e. The van der Waals surface area contributed by atoms with E-state index in [1.165, 1.54) is 5.56 Å². The van der Waals surface area contributed by atoms with Crippen molar-refractivity contribution in [1.82, 2.24) is 0 Å². The summed E-state index contributed by atoms with van der Waals surface area (Å²) in [4.78, 5) is 15.3. The molecule has 0 radical (unpaired) electrons. The number of benzene rings is 1. The van der Waals surface area contributed by atoms with Gasteiger partial charge in [-0.15, -0.1) is 0 Å². The number of hydrogen-bond donors (Lipinski definition) is 1. The largest absolute Gasteiger partial charge is 0.478 e. The molecule has 0 saturated carbocycles. The lowest BCUT2D eigenvalue weighted by atomic mass is 9.96. The summed E-state index contributed by atoms with van der Waals surface area (Å²) in [5.74, 6) is -0.868. The molecule has 1 aliphatic rings. The van der Waals surface area contributed by atoms with E-state index in [0.29, 0.717) is 12.1 Å². The Bertz CT molecular complexity index is 461. The minimum absolute atomic E-state index is 0.363. The lowest BCUT2D eigenvalue weighted by Gasteiger charge is -2.08. The summed E-state index contributed by atoms with van der Waals surface area (Å²) in [6.07, 6.45) is 0.853. The molecule has 1 N–H and O–H groups in total. The molecule has 1 aliphatic heterocycles. The molecule has 15 heavy (non-hydrogen) atoms. The zero-order chi connectivity index (χ0) is 11.0. The summed E-state index contributed by atoms with van der Waals surface area (Å²) in [5.41, 5.74) is 4.61. The molecule has 0 spiro atoms. The lowest BCUT2D eigenvalue weighted by Crippen LogP contribution is -2.04. The van der Waals surface area contributed by atoms with Gasteiger partial charge < -0.3 is 5.11 Å². The first kappa shape index (κ1) is 9.90. The minimum Gasteiger partial charge on any atom is -0.478 e. The third kappa shape index (κ3) is 1.54. The highest BCUT2D eigenvalue weighted by Crippen LogP contribution is 2.25. The number of fused-ring (bicyclic) bond motifs is 1. The van der Waals surface area contributed by atoms with Gasteiger partial charge in [0.2, 0.25) is 0 Å². The molecule has 0 saturated heterocycles. The van der Waals surface area contributed by atoms with E-state index >= 15 is 0 Å². The summed E-state index contributed by atoms with van der Waals surface area (Å²) in [6, 6.07) is 3.48. The van der Waals surface area contributed by atoms with E-state index in [4.69, 9.17) is 5.11 Å². The van der Waals surface area contributed by atoms with Crippen LogP contribution in [-0.2, 0) is 13.0 Å². The number of aryl methyl sites for hydroxylation is 1. The van der Waals surface area contributed by atoms with Gasteiger partial charge in [-0.05, 0) is 36.6 Å². The summed E-state index contributed by atoms with van der Waals surface area (Å²) >= 11 is 0. The van der Waals surface area contributed by atoms with Crippen LogP contribution in [0.25, 0.3) is 0 Å². The molecule has 0 aromatic heterocycles. The van der Waals surface area contributed by atoms with Gasteiger partial charge in [0.05, 0.1) is 12.1 Å². The van der Waals surface area contributed by atoms with Crippen molar-refractivity contribution in [3.05, 3.63) is 34.4 Å². The van der Waals surface area contributed by atoms with Gasteiger partial charge in [0.15, 0.2) is 0 Å². The van der Waals surface area contributed by atoms with Gasteiger partial charge in [-0.2, -0.15) is 0 Å². The molecule has 78 valence electrons. The van der Waals surface area contributed by atoms with Crippen LogP contribution in [0.1, 0.15) is 40.9 Å². The number of hydrogen-bond acceptors (Lipinski definition) is 2. The Kier molecular flexibility index (Phi) is 2.31. The van der Waals surface area contributed by atoms with Gasteiger partial charge in [-0.3, -0.25) is 4.99 Å². The van der Waals surface area contributed by atoms with E-state index in [1.807, 2.05) is 13.8 Å². The van der Waals surface area contributed by atoms with Crippen molar-refractivity contribution >= 4 is 11.7 Å². The van der Waals surface area contributed by atoms with Crippen LogP contribution < -0.4 is 0 Å². The van der Waals surface area contributed by atoms with Crippen LogP contribution in [0.4, 0.5) is 0 Å². The number of carbonyl (C=O) groups is 1. The second-order valence-corrected chi connectivity index (χ2v) is 3.72. The Hall–Kier alpha value is -1.64. The first-order valence-corrected chi connectivity index (χ1v) is 5.04. The molecule has 0 aliphatic carbocycles. The molecule has 0 bridgehead atoms. The monoisotopic (exact) mass is 203 g/mol. The highest BCUT2D eigenvalue weighted by Gasteiger charge is 2.18. The van der Waals surface area contributed by atoms with Crippen LogP contribution >= 0.6 is 0 Å². The van der Waals surface area contributed by atoms with Gasteiger partial charge in [0.25, 0.3) is 0 Å². The van der Waals surface area contributed by atoms with Gasteiger partial charge in [-0.25, -0.2) is 4.79 Å². The molecule has 1 heterocycles. The molecular formula is C12H13NO2. The summed E-state index contributed by atoms with van der Waals surface area (Å²) in [6.45, 7) is 4.66. The molecule has 3 nitrogen and oxygen atoms in total. The average molecular weight is 203 g/mol. The zero-order valence-electron chi connectivity index (χ0n) is 8.87. The highest BCUT2D eigenvalue weighted by molar-refractivity contribution is 6.04.